The fourth-order valence-electron chi connectivity index (χ4n) is 3.04. The molecule has 1 unspecified atom stereocenters. The van der Waals surface area contributed by atoms with Crippen molar-refractivity contribution in [1.82, 2.24) is 10.6 Å². The van der Waals surface area contributed by atoms with Crippen LogP contribution in [0.1, 0.15) is 29.8 Å². The quantitative estimate of drug-likeness (QED) is 0.576. The number of ether oxygens (including phenoxy) is 3. The maximum absolute atomic E-state index is 12.6. The lowest BCUT2D eigenvalue weighted by molar-refractivity contribution is -0.144. The summed E-state index contributed by atoms with van der Waals surface area (Å²) in [6.07, 6.45) is 0.0247. The second-order valence-corrected chi connectivity index (χ2v) is 7.66. The van der Waals surface area contributed by atoms with Crippen LogP contribution in [0.5, 0.6) is 5.75 Å². The monoisotopic (exact) mass is 444 g/mol. The number of hydrogen-bond donors (Lipinski definition) is 2. The summed E-state index contributed by atoms with van der Waals surface area (Å²) in [7, 11) is 0. The maximum Gasteiger partial charge on any atom is 0.338 e. The van der Waals surface area contributed by atoms with Crippen molar-refractivity contribution < 1.29 is 28.6 Å². The molecule has 31 heavy (non-hydrogen) atoms. The van der Waals surface area contributed by atoms with E-state index in [0.717, 1.165) is 10.4 Å². The highest BCUT2D eigenvalue weighted by Crippen LogP contribution is 2.30. The molecule has 0 bridgehead atoms. The van der Waals surface area contributed by atoms with Gasteiger partial charge in [0, 0.05) is 4.88 Å². The van der Waals surface area contributed by atoms with Crippen molar-refractivity contribution in [2.45, 2.75) is 26.3 Å². The van der Waals surface area contributed by atoms with Crippen molar-refractivity contribution >= 4 is 29.3 Å². The van der Waals surface area contributed by atoms with Gasteiger partial charge in [-0.1, -0.05) is 24.3 Å². The molecule has 9 heteroatoms. The van der Waals surface area contributed by atoms with Crippen LogP contribution >= 0.6 is 11.3 Å². The Balaban J connectivity index is 1.66. The normalized spacial score (nSPS) is 15.7. The minimum absolute atomic E-state index is 0.0247. The molecule has 0 saturated carbocycles. The second-order valence-electron chi connectivity index (χ2n) is 6.68. The number of urea groups is 1. The lowest BCUT2D eigenvalue weighted by Crippen LogP contribution is -2.46. The van der Waals surface area contributed by atoms with Gasteiger partial charge in [0.1, 0.15) is 12.4 Å². The fraction of sp³-hybridized carbons (Fsp3) is 0.318. The molecule has 1 atom stereocenters. The summed E-state index contributed by atoms with van der Waals surface area (Å²) in [5, 5.41) is 7.14. The first-order valence-electron chi connectivity index (χ1n) is 9.84. The molecular formula is C22H24N2O6S. The predicted molar refractivity (Wildman–Crippen MR) is 115 cm³/mol. The Bertz CT molecular complexity index is 970. The number of amides is 2. The van der Waals surface area contributed by atoms with Crippen LogP contribution in [0, 0.1) is 6.92 Å². The highest BCUT2D eigenvalue weighted by molar-refractivity contribution is 7.10. The van der Waals surface area contributed by atoms with Crippen LogP contribution in [-0.2, 0) is 19.1 Å². The van der Waals surface area contributed by atoms with Gasteiger partial charge >= 0.3 is 18.0 Å². The molecule has 0 fully saturated rings. The average Bonchev–Trinajstić information content (AvgIpc) is 3.28. The van der Waals surface area contributed by atoms with E-state index >= 15 is 0 Å². The summed E-state index contributed by atoms with van der Waals surface area (Å²) in [6, 6.07) is 9.98. The number of aryl methyl sites for hydroxylation is 1. The van der Waals surface area contributed by atoms with Crippen molar-refractivity contribution in [3.05, 3.63) is 63.5 Å². The first kappa shape index (κ1) is 22.4. The third kappa shape index (κ3) is 5.85. The molecule has 3 rings (SSSR count). The van der Waals surface area contributed by atoms with E-state index in [2.05, 4.69) is 10.6 Å². The Morgan fingerprint density at radius 1 is 1.13 bits per heavy atom. The lowest BCUT2D eigenvalue weighted by Gasteiger charge is -2.28. The molecule has 164 valence electrons. The van der Waals surface area contributed by atoms with Crippen LogP contribution in [0.25, 0.3) is 0 Å². The Morgan fingerprint density at radius 3 is 2.65 bits per heavy atom. The second kappa shape index (κ2) is 10.6. The van der Waals surface area contributed by atoms with Gasteiger partial charge in [0.25, 0.3) is 0 Å². The van der Waals surface area contributed by atoms with Crippen LogP contribution < -0.4 is 15.4 Å². The fourth-order valence-corrected chi connectivity index (χ4v) is 3.82. The molecule has 2 heterocycles. The van der Waals surface area contributed by atoms with Crippen molar-refractivity contribution in [2.24, 2.45) is 0 Å². The van der Waals surface area contributed by atoms with E-state index in [1.165, 1.54) is 11.3 Å². The first-order chi connectivity index (χ1) is 15.0. The van der Waals surface area contributed by atoms with Gasteiger partial charge in [-0.15, -0.1) is 11.3 Å². The Kier molecular flexibility index (Phi) is 7.66. The van der Waals surface area contributed by atoms with Crippen molar-refractivity contribution in [1.29, 1.82) is 0 Å². The third-order valence-electron chi connectivity index (χ3n) is 4.51. The standard InChI is InChI=1S/C22H24N2O6S/c1-3-28-21(26)19-15(23-22(27)24-20(19)17-9-6-12-31-17)13-30-18(25)10-11-29-16-8-5-4-7-14(16)2/h4-9,12,20H,3,10-11,13H2,1-2H3,(H2,23,24,27). The lowest BCUT2D eigenvalue weighted by atomic mass is 10.0. The summed E-state index contributed by atoms with van der Waals surface area (Å²) in [5.74, 6) is -0.390. The largest absolute Gasteiger partial charge is 0.493 e. The Labute approximate surface area is 184 Å². The van der Waals surface area contributed by atoms with E-state index in [1.54, 1.807) is 6.92 Å². The van der Waals surface area contributed by atoms with Gasteiger partial charge in [0.05, 0.1) is 36.9 Å². The van der Waals surface area contributed by atoms with E-state index in [1.807, 2.05) is 48.7 Å². The van der Waals surface area contributed by atoms with Gasteiger partial charge in [-0.2, -0.15) is 0 Å². The number of esters is 2. The molecule has 0 radical (unpaired) electrons. The molecular weight excluding hydrogens is 420 g/mol. The number of rotatable bonds is 9. The number of benzene rings is 1. The minimum atomic E-state index is -0.675. The number of hydrogen-bond acceptors (Lipinski definition) is 7. The summed E-state index contributed by atoms with van der Waals surface area (Å²) in [6.45, 7) is 3.69. The molecule has 1 aromatic heterocycles. The van der Waals surface area contributed by atoms with E-state index in [4.69, 9.17) is 14.2 Å². The summed E-state index contributed by atoms with van der Waals surface area (Å²) < 4.78 is 16.1. The smallest absolute Gasteiger partial charge is 0.338 e. The predicted octanol–water partition coefficient (Wildman–Crippen LogP) is 3.24. The maximum atomic E-state index is 12.6. The van der Waals surface area contributed by atoms with Gasteiger partial charge in [0.2, 0.25) is 0 Å². The van der Waals surface area contributed by atoms with Crippen LogP contribution in [0.3, 0.4) is 0 Å². The highest BCUT2D eigenvalue weighted by atomic mass is 32.1. The van der Waals surface area contributed by atoms with Gasteiger partial charge in [0.15, 0.2) is 0 Å². The van der Waals surface area contributed by atoms with Gasteiger partial charge < -0.3 is 24.8 Å². The molecule has 2 N–H and O–H groups in total. The van der Waals surface area contributed by atoms with Gasteiger partial charge in [-0.05, 0) is 36.9 Å². The SMILES string of the molecule is CCOC(=O)C1=C(COC(=O)CCOc2ccccc2C)NC(=O)NC1c1cccs1. The topological polar surface area (TPSA) is 103 Å². The molecule has 1 aliphatic heterocycles. The van der Waals surface area contributed by atoms with Gasteiger partial charge in [-0.25, -0.2) is 9.59 Å². The van der Waals surface area contributed by atoms with E-state index < -0.39 is 24.0 Å². The zero-order chi connectivity index (χ0) is 22.2. The molecule has 2 amide bonds. The van der Waals surface area contributed by atoms with Crippen LogP contribution in [0.4, 0.5) is 4.79 Å². The van der Waals surface area contributed by atoms with Crippen LogP contribution in [-0.4, -0.2) is 37.8 Å². The van der Waals surface area contributed by atoms with Crippen LogP contribution in [0.15, 0.2) is 53.0 Å². The Morgan fingerprint density at radius 2 is 1.94 bits per heavy atom. The van der Waals surface area contributed by atoms with E-state index in [-0.39, 0.29) is 37.5 Å². The van der Waals surface area contributed by atoms with E-state index in [9.17, 15) is 14.4 Å². The summed E-state index contributed by atoms with van der Waals surface area (Å²) in [4.78, 5) is 37.7. The number of thiophene rings is 1. The molecule has 2 aromatic rings. The average molecular weight is 445 g/mol. The number of para-hydroxylation sites is 1. The summed E-state index contributed by atoms with van der Waals surface area (Å²) in [5.41, 5.74) is 1.39. The molecule has 1 aromatic carbocycles. The zero-order valence-electron chi connectivity index (χ0n) is 17.3. The molecule has 0 aliphatic carbocycles. The number of carbonyl (C=O) groups excluding carboxylic acids is 3. The minimum Gasteiger partial charge on any atom is -0.493 e. The molecule has 8 nitrogen and oxygen atoms in total. The number of nitrogens with one attached hydrogen (secondary N) is 2. The molecule has 1 aliphatic rings. The van der Waals surface area contributed by atoms with Crippen LogP contribution in [0.2, 0.25) is 0 Å². The van der Waals surface area contributed by atoms with Crippen molar-refractivity contribution in [2.75, 3.05) is 19.8 Å². The zero-order valence-corrected chi connectivity index (χ0v) is 18.1. The third-order valence-corrected chi connectivity index (χ3v) is 5.45. The van der Waals surface area contributed by atoms with Crippen molar-refractivity contribution in [3.8, 4) is 5.75 Å². The molecule has 0 saturated heterocycles. The Hall–Kier alpha value is -3.33. The van der Waals surface area contributed by atoms with E-state index in [0.29, 0.717) is 5.75 Å². The van der Waals surface area contributed by atoms with Gasteiger partial charge in [-0.3, -0.25) is 4.79 Å². The molecule has 0 spiro atoms. The van der Waals surface area contributed by atoms with Crippen molar-refractivity contribution in [3.63, 3.8) is 0 Å². The highest BCUT2D eigenvalue weighted by Gasteiger charge is 2.34. The first-order valence-corrected chi connectivity index (χ1v) is 10.7. The number of carbonyl (C=O) groups is 3. The summed E-state index contributed by atoms with van der Waals surface area (Å²) >= 11 is 1.40.